The van der Waals surface area contributed by atoms with Crippen molar-refractivity contribution in [3.8, 4) is 11.1 Å². The highest BCUT2D eigenvalue weighted by molar-refractivity contribution is 7.87. The number of aromatic nitrogens is 2. The minimum atomic E-state index is -4.24. The minimum absolute atomic E-state index is 0.202. The average Bonchev–Trinajstić information content (AvgIpc) is 2.91. The van der Waals surface area contributed by atoms with E-state index in [1.807, 2.05) is 0 Å². The largest absolute Gasteiger partial charge is 0.543 e. The molecule has 0 saturated heterocycles. The molecule has 0 radical (unpaired) electrons. The molecule has 0 bridgehead atoms. The van der Waals surface area contributed by atoms with E-state index in [2.05, 4.69) is 4.98 Å². The smallest absolute Gasteiger partial charge is 0.302 e. The number of aromatic carboxylic acids is 1. The van der Waals surface area contributed by atoms with Crippen LogP contribution in [0.4, 0.5) is 0 Å². The minimum Gasteiger partial charge on any atom is -0.543 e. The number of fused-ring (bicyclic) bond motifs is 1. The Hall–Kier alpha value is -2.71. The van der Waals surface area contributed by atoms with Gasteiger partial charge in [0.1, 0.15) is 0 Å². The van der Waals surface area contributed by atoms with Crippen LogP contribution in [0.25, 0.3) is 22.0 Å². The van der Waals surface area contributed by atoms with E-state index in [1.165, 1.54) is 6.07 Å². The average molecular weight is 316 g/mol. The third kappa shape index (κ3) is 2.24. The summed E-state index contributed by atoms with van der Waals surface area (Å²) in [5, 5.41) is 17.1. The molecule has 0 saturated carbocycles. The number of hydrogen-bond donors (Lipinski definition) is 1. The van der Waals surface area contributed by atoms with Gasteiger partial charge in [0.25, 0.3) is 0 Å². The van der Waals surface area contributed by atoms with E-state index >= 15 is 0 Å². The molecule has 8 heteroatoms. The van der Waals surface area contributed by atoms with Crippen molar-refractivity contribution in [2.24, 2.45) is 5.14 Å². The second-order valence-electron chi connectivity index (χ2n) is 4.58. The van der Waals surface area contributed by atoms with Crippen molar-refractivity contribution in [2.75, 3.05) is 0 Å². The van der Waals surface area contributed by atoms with Crippen molar-refractivity contribution in [2.45, 2.75) is 0 Å². The summed E-state index contributed by atoms with van der Waals surface area (Å²) in [5.74, 6) is -1.63. The maximum Gasteiger partial charge on any atom is 0.302 e. The van der Waals surface area contributed by atoms with Crippen LogP contribution in [0.2, 0.25) is 0 Å². The van der Waals surface area contributed by atoms with Gasteiger partial charge in [0.15, 0.2) is 0 Å². The van der Waals surface area contributed by atoms with Crippen molar-refractivity contribution < 1.29 is 18.3 Å². The van der Waals surface area contributed by atoms with Crippen LogP contribution in [0.3, 0.4) is 0 Å². The highest BCUT2D eigenvalue weighted by Gasteiger charge is 2.19. The summed E-state index contributed by atoms with van der Waals surface area (Å²) in [6, 6.07) is 10.0. The van der Waals surface area contributed by atoms with Crippen molar-refractivity contribution in [3.05, 3.63) is 54.5 Å². The monoisotopic (exact) mass is 316 g/mol. The molecule has 0 atom stereocenters. The number of carbonyl (C=O) groups excluding carboxylic acids is 1. The fourth-order valence-electron chi connectivity index (χ4n) is 2.38. The third-order valence-electron chi connectivity index (χ3n) is 3.26. The van der Waals surface area contributed by atoms with Crippen LogP contribution in [0.15, 0.2) is 48.8 Å². The summed E-state index contributed by atoms with van der Waals surface area (Å²) in [5.41, 5.74) is 0.881. The summed E-state index contributed by atoms with van der Waals surface area (Å²) in [4.78, 5) is 15.6. The Balaban J connectivity index is 2.37. The van der Waals surface area contributed by atoms with Crippen molar-refractivity contribution >= 4 is 27.1 Å². The number of nitrogens with zero attached hydrogens (tertiary/aromatic N) is 2. The summed E-state index contributed by atoms with van der Waals surface area (Å²) in [7, 11) is -4.24. The molecule has 7 nitrogen and oxygen atoms in total. The number of rotatable bonds is 3. The lowest BCUT2D eigenvalue weighted by Crippen LogP contribution is -2.31. The number of pyridine rings is 1. The molecule has 0 spiro atoms. The lowest BCUT2D eigenvalue weighted by molar-refractivity contribution is -0.255. The van der Waals surface area contributed by atoms with Crippen molar-refractivity contribution in [3.63, 3.8) is 0 Å². The van der Waals surface area contributed by atoms with E-state index in [9.17, 15) is 18.3 Å². The molecule has 0 aliphatic heterocycles. The summed E-state index contributed by atoms with van der Waals surface area (Å²) >= 11 is 0. The van der Waals surface area contributed by atoms with Gasteiger partial charge in [-0.1, -0.05) is 18.2 Å². The normalized spacial score (nSPS) is 11.7. The first-order chi connectivity index (χ1) is 10.4. The fourth-order valence-corrected chi connectivity index (χ4v) is 3.04. The van der Waals surface area contributed by atoms with Crippen LogP contribution < -0.4 is 10.2 Å². The molecule has 22 heavy (non-hydrogen) atoms. The number of benzene rings is 1. The molecule has 0 aliphatic carbocycles. The maximum absolute atomic E-state index is 11.5. The molecule has 3 rings (SSSR count). The van der Waals surface area contributed by atoms with Crippen molar-refractivity contribution in [1.82, 2.24) is 8.96 Å². The Bertz CT molecular complexity index is 987. The maximum atomic E-state index is 11.5. The molecule has 1 aromatic carbocycles. The first kappa shape index (κ1) is 14.2. The molecule has 3 aromatic rings. The SMILES string of the molecule is NS(=O)(=O)n1ccc(-c2cccc3ncccc23)c1C(=O)[O-]. The zero-order valence-corrected chi connectivity index (χ0v) is 11.9. The van der Waals surface area contributed by atoms with Crippen LogP contribution in [-0.4, -0.2) is 23.3 Å². The molecule has 0 amide bonds. The molecular weight excluding hydrogens is 306 g/mol. The highest BCUT2D eigenvalue weighted by Crippen LogP contribution is 2.31. The Morgan fingerprint density at radius 2 is 1.91 bits per heavy atom. The van der Waals surface area contributed by atoms with E-state index in [4.69, 9.17) is 5.14 Å². The van der Waals surface area contributed by atoms with Crippen LogP contribution >= 0.6 is 0 Å². The Morgan fingerprint density at radius 1 is 1.14 bits per heavy atom. The van der Waals surface area contributed by atoms with Gasteiger partial charge in [0.2, 0.25) is 0 Å². The van der Waals surface area contributed by atoms with Gasteiger partial charge in [-0.05, 0) is 23.8 Å². The van der Waals surface area contributed by atoms with E-state index in [0.717, 1.165) is 6.20 Å². The Labute approximate surface area is 125 Å². The fraction of sp³-hybridized carbons (Fsp3) is 0. The Morgan fingerprint density at radius 3 is 2.59 bits per heavy atom. The first-order valence-electron chi connectivity index (χ1n) is 6.19. The van der Waals surface area contributed by atoms with E-state index in [-0.39, 0.29) is 5.56 Å². The van der Waals surface area contributed by atoms with Gasteiger partial charge in [-0.25, -0.2) is 9.11 Å². The summed E-state index contributed by atoms with van der Waals surface area (Å²) < 4.78 is 23.5. The van der Waals surface area contributed by atoms with Gasteiger partial charge in [-0.3, -0.25) is 4.98 Å². The zero-order chi connectivity index (χ0) is 15.9. The topological polar surface area (TPSA) is 118 Å². The predicted octanol–water partition coefficient (Wildman–Crippen LogP) is 0.118. The van der Waals surface area contributed by atoms with Gasteiger partial charge in [-0.2, -0.15) is 8.42 Å². The number of nitrogens with two attached hydrogens (primary N) is 1. The lowest BCUT2D eigenvalue weighted by atomic mass is 10.0. The summed E-state index contributed by atoms with van der Waals surface area (Å²) in [6.45, 7) is 0. The molecule has 112 valence electrons. The standard InChI is InChI=1S/C14H11N3O4S/c15-22(20,21)17-8-6-11(13(17)14(18)19)9-3-1-5-12-10(9)4-2-7-16-12/h1-8H,(H,18,19)(H2,15,20,21)/p-1. The van der Waals surface area contributed by atoms with Gasteiger partial charge in [-0.15, -0.1) is 0 Å². The zero-order valence-electron chi connectivity index (χ0n) is 11.1. The second-order valence-corrected chi connectivity index (χ2v) is 6.01. The molecule has 2 heterocycles. The second kappa shape index (κ2) is 4.93. The number of hydrogen-bond acceptors (Lipinski definition) is 5. The van der Waals surface area contributed by atoms with E-state index in [1.54, 1.807) is 36.5 Å². The molecule has 2 aromatic heterocycles. The van der Waals surface area contributed by atoms with Crippen LogP contribution in [0.5, 0.6) is 0 Å². The predicted molar refractivity (Wildman–Crippen MR) is 78.0 cm³/mol. The van der Waals surface area contributed by atoms with Crippen molar-refractivity contribution in [1.29, 1.82) is 0 Å². The van der Waals surface area contributed by atoms with Gasteiger partial charge >= 0.3 is 10.2 Å². The first-order valence-corrected chi connectivity index (χ1v) is 7.70. The van der Waals surface area contributed by atoms with Crippen LogP contribution in [0, 0.1) is 0 Å². The number of carbonyl (C=O) groups is 1. The van der Waals surface area contributed by atoms with Gasteiger partial charge in [0, 0.05) is 23.3 Å². The number of carboxylic acid groups (broad SMARTS) is 1. The van der Waals surface area contributed by atoms with E-state index in [0.29, 0.717) is 20.4 Å². The highest BCUT2D eigenvalue weighted by atomic mass is 32.2. The van der Waals surface area contributed by atoms with Crippen LogP contribution in [0.1, 0.15) is 10.5 Å². The summed E-state index contributed by atoms with van der Waals surface area (Å²) in [6.07, 6.45) is 2.70. The number of carboxylic acids is 1. The van der Waals surface area contributed by atoms with Crippen LogP contribution in [-0.2, 0) is 10.2 Å². The molecule has 0 fully saturated rings. The molecular formula is C14H10N3O4S-. The molecule has 0 aliphatic rings. The lowest BCUT2D eigenvalue weighted by Gasteiger charge is -2.11. The third-order valence-corrected chi connectivity index (χ3v) is 4.11. The molecule has 2 N–H and O–H groups in total. The Kier molecular flexibility index (Phi) is 3.19. The van der Waals surface area contributed by atoms with Gasteiger partial charge < -0.3 is 9.90 Å². The molecule has 0 unspecified atom stereocenters. The van der Waals surface area contributed by atoms with E-state index < -0.39 is 21.9 Å². The van der Waals surface area contributed by atoms with Gasteiger partial charge in [0.05, 0.1) is 17.2 Å². The quantitative estimate of drug-likeness (QED) is 0.736.